The summed E-state index contributed by atoms with van der Waals surface area (Å²) < 4.78 is 41.5. The SMILES string of the molecule is COCCOC1CC(Nc2ncc3c(-c4cnc5nc(C)n(C6CC(F)(F)C6)c5c4)ccn3n2)C1. The van der Waals surface area contributed by atoms with E-state index in [1.165, 1.54) is 0 Å². The van der Waals surface area contributed by atoms with Crippen molar-refractivity contribution in [1.82, 2.24) is 29.1 Å². The fourth-order valence-electron chi connectivity index (χ4n) is 5.02. The Morgan fingerprint density at radius 2 is 1.97 bits per heavy atom. The number of anilines is 1. The van der Waals surface area contributed by atoms with Gasteiger partial charge in [0.05, 0.1) is 36.5 Å². The number of imidazole rings is 1. The molecule has 11 heteroatoms. The molecule has 0 radical (unpaired) electrons. The van der Waals surface area contributed by atoms with Crippen LogP contribution >= 0.6 is 0 Å². The fraction of sp³-hybridized carbons (Fsp3) is 0.500. The van der Waals surface area contributed by atoms with Gasteiger partial charge in [0.25, 0.3) is 5.92 Å². The van der Waals surface area contributed by atoms with Gasteiger partial charge in [0.2, 0.25) is 5.95 Å². The molecule has 2 aliphatic rings. The number of nitrogens with one attached hydrogen (secondary N) is 1. The monoisotopic (exact) mass is 483 g/mol. The number of halogens is 2. The molecule has 4 aromatic rings. The van der Waals surface area contributed by atoms with Crippen molar-refractivity contribution < 1.29 is 18.3 Å². The molecule has 2 fully saturated rings. The number of aryl methyl sites for hydroxylation is 1. The van der Waals surface area contributed by atoms with E-state index in [0.717, 1.165) is 35.0 Å². The van der Waals surface area contributed by atoms with Crippen molar-refractivity contribution in [3.63, 3.8) is 0 Å². The van der Waals surface area contributed by atoms with Crippen molar-refractivity contribution in [3.8, 4) is 11.1 Å². The van der Waals surface area contributed by atoms with E-state index in [-0.39, 0.29) is 31.0 Å². The van der Waals surface area contributed by atoms with E-state index in [9.17, 15) is 8.78 Å². The number of alkyl halides is 2. The molecule has 184 valence electrons. The Balaban J connectivity index is 1.21. The van der Waals surface area contributed by atoms with Crippen LogP contribution in [0, 0.1) is 6.92 Å². The van der Waals surface area contributed by atoms with Gasteiger partial charge in [-0.25, -0.2) is 28.2 Å². The number of hydrogen-bond donors (Lipinski definition) is 1. The number of methoxy groups -OCH3 is 1. The molecule has 9 nitrogen and oxygen atoms in total. The highest BCUT2D eigenvalue weighted by atomic mass is 19.3. The molecule has 2 saturated carbocycles. The number of nitrogens with zero attached hydrogens (tertiary/aromatic N) is 6. The lowest BCUT2D eigenvalue weighted by Gasteiger charge is -2.36. The molecule has 0 aliphatic heterocycles. The molecule has 0 spiro atoms. The molecule has 4 heterocycles. The van der Waals surface area contributed by atoms with Crippen LogP contribution in [0.5, 0.6) is 0 Å². The minimum Gasteiger partial charge on any atom is -0.382 e. The third-order valence-corrected chi connectivity index (χ3v) is 6.95. The Hall–Kier alpha value is -3.18. The second kappa shape index (κ2) is 8.49. The average Bonchev–Trinajstić information content (AvgIpc) is 3.34. The number of pyridine rings is 1. The number of hydrogen-bond acceptors (Lipinski definition) is 7. The lowest BCUT2D eigenvalue weighted by atomic mass is 9.87. The van der Waals surface area contributed by atoms with Gasteiger partial charge in [0.1, 0.15) is 5.82 Å². The zero-order valence-electron chi connectivity index (χ0n) is 19.6. The smallest absolute Gasteiger partial charge is 0.252 e. The van der Waals surface area contributed by atoms with Crippen LogP contribution in [-0.2, 0) is 9.47 Å². The molecule has 0 atom stereocenters. The largest absolute Gasteiger partial charge is 0.382 e. The van der Waals surface area contributed by atoms with Gasteiger partial charge in [-0.3, -0.25) is 0 Å². The Kier molecular flexibility index (Phi) is 5.41. The van der Waals surface area contributed by atoms with Gasteiger partial charge >= 0.3 is 0 Å². The summed E-state index contributed by atoms with van der Waals surface area (Å²) >= 11 is 0. The summed E-state index contributed by atoms with van der Waals surface area (Å²) in [7, 11) is 1.67. The molecule has 2 aliphatic carbocycles. The topological polar surface area (TPSA) is 91.4 Å². The van der Waals surface area contributed by atoms with Crippen LogP contribution in [-0.4, -0.2) is 67.5 Å². The van der Waals surface area contributed by atoms with Gasteiger partial charge in [-0.2, -0.15) is 0 Å². The Morgan fingerprint density at radius 3 is 2.74 bits per heavy atom. The van der Waals surface area contributed by atoms with Crippen molar-refractivity contribution in [2.24, 2.45) is 0 Å². The van der Waals surface area contributed by atoms with E-state index < -0.39 is 5.92 Å². The summed E-state index contributed by atoms with van der Waals surface area (Å²) in [4.78, 5) is 13.5. The van der Waals surface area contributed by atoms with Gasteiger partial charge in [-0.15, -0.1) is 5.10 Å². The summed E-state index contributed by atoms with van der Waals surface area (Å²) in [6.07, 6.45) is 7.17. The lowest BCUT2D eigenvalue weighted by molar-refractivity contribution is -0.103. The predicted molar refractivity (Wildman–Crippen MR) is 126 cm³/mol. The van der Waals surface area contributed by atoms with Crippen molar-refractivity contribution >= 4 is 22.6 Å². The summed E-state index contributed by atoms with van der Waals surface area (Å²) in [5.74, 6) is -1.33. The first kappa shape index (κ1) is 22.3. The Morgan fingerprint density at radius 1 is 1.14 bits per heavy atom. The van der Waals surface area contributed by atoms with Crippen LogP contribution in [0.15, 0.2) is 30.7 Å². The van der Waals surface area contributed by atoms with E-state index in [0.29, 0.717) is 30.6 Å². The van der Waals surface area contributed by atoms with E-state index in [1.54, 1.807) is 24.0 Å². The van der Waals surface area contributed by atoms with E-state index >= 15 is 0 Å². The highest BCUT2D eigenvalue weighted by molar-refractivity contribution is 5.85. The van der Waals surface area contributed by atoms with Crippen molar-refractivity contribution in [2.75, 3.05) is 25.6 Å². The molecule has 35 heavy (non-hydrogen) atoms. The second-order valence-electron chi connectivity index (χ2n) is 9.45. The summed E-state index contributed by atoms with van der Waals surface area (Å²) in [6, 6.07) is 3.96. The summed E-state index contributed by atoms with van der Waals surface area (Å²) in [5.41, 5.74) is 3.96. The van der Waals surface area contributed by atoms with Gasteiger partial charge in [0, 0.05) is 55.6 Å². The normalized spacial score (nSPS) is 21.8. The average molecular weight is 484 g/mol. The summed E-state index contributed by atoms with van der Waals surface area (Å²) in [5, 5.41) is 7.97. The second-order valence-corrected chi connectivity index (χ2v) is 9.45. The molecule has 0 unspecified atom stereocenters. The molecule has 4 aromatic heterocycles. The van der Waals surface area contributed by atoms with Crippen LogP contribution in [0.1, 0.15) is 37.5 Å². The van der Waals surface area contributed by atoms with Gasteiger partial charge in [-0.05, 0) is 31.9 Å². The highest BCUT2D eigenvalue weighted by Gasteiger charge is 2.47. The highest BCUT2D eigenvalue weighted by Crippen LogP contribution is 2.47. The number of rotatable bonds is 8. The van der Waals surface area contributed by atoms with Crippen LogP contribution in [0.3, 0.4) is 0 Å². The van der Waals surface area contributed by atoms with E-state index in [4.69, 9.17) is 9.47 Å². The van der Waals surface area contributed by atoms with Crippen LogP contribution in [0.2, 0.25) is 0 Å². The minimum absolute atomic E-state index is 0.163. The number of aromatic nitrogens is 6. The third-order valence-electron chi connectivity index (χ3n) is 6.95. The quantitative estimate of drug-likeness (QED) is 0.379. The first-order valence-electron chi connectivity index (χ1n) is 11.8. The molecular weight excluding hydrogens is 456 g/mol. The first-order valence-corrected chi connectivity index (χ1v) is 11.8. The zero-order chi connectivity index (χ0) is 24.2. The zero-order valence-corrected chi connectivity index (χ0v) is 19.6. The summed E-state index contributed by atoms with van der Waals surface area (Å²) in [6.45, 7) is 3.05. The molecule has 6 rings (SSSR count). The van der Waals surface area contributed by atoms with Gasteiger partial charge in [-0.1, -0.05) is 0 Å². The Labute approximate surface area is 200 Å². The maximum absolute atomic E-state index is 13.5. The van der Waals surface area contributed by atoms with Crippen molar-refractivity contribution in [1.29, 1.82) is 0 Å². The van der Waals surface area contributed by atoms with Crippen molar-refractivity contribution in [3.05, 3.63) is 36.5 Å². The fourth-order valence-corrected chi connectivity index (χ4v) is 5.02. The van der Waals surface area contributed by atoms with Gasteiger partial charge in [0.15, 0.2) is 5.65 Å². The molecule has 1 N–H and O–H groups in total. The third kappa shape index (κ3) is 4.12. The van der Waals surface area contributed by atoms with E-state index in [1.807, 2.05) is 29.8 Å². The molecule has 0 aromatic carbocycles. The minimum atomic E-state index is -2.60. The van der Waals surface area contributed by atoms with Crippen LogP contribution in [0.4, 0.5) is 14.7 Å². The Bertz CT molecular complexity index is 1370. The first-order chi connectivity index (χ1) is 16.9. The number of fused-ring (bicyclic) bond motifs is 2. The molecule has 0 bridgehead atoms. The maximum atomic E-state index is 13.5. The molecule has 0 saturated heterocycles. The predicted octanol–water partition coefficient (Wildman–Crippen LogP) is 4.03. The lowest BCUT2D eigenvalue weighted by Crippen LogP contribution is -2.41. The molecule has 0 amide bonds. The van der Waals surface area contributed by atoms with Crippen molar-refractivity contribution in [2.45, 2.75) is 56.7 Å². The standard InChI is InChI=1S/C24H27F2N7O2/c1-14-29-22-20(33(14)17-10-24(25,26)11-17)7-15(12-27-22)19-3-4-32-21(19)13-28-23(31-32)30-16-8-18(9-16)35-6-5-34-2/h3-4,7,12-13,16-18H,5-6,8-11H2,1-2H3,(H,30,31). The molecular formula is C24H27F2N7O2. The van der Waals surface area contributed by atoms with Crippen LogP contribution in [0.25, 0.3) is 27.8 Å². The number of ether oxygens (including phenoxy) is 2. The van der Waals surface area contributed by atoms with E-state index in [2.05, 4.69) is 25.4 Å². The van der Waals surface area contributed by atoms with Gasteiger partial charge < -0.3 is 19.4 Å². The maximum Gasteiger partial charge on any atom is 0.252 e. The van der Waals surface area contributed by atoms with Crippen LogP contribution < -0.4 is 5.32 Å².